The summed E-state index contributed by atoms with van der Waals surface area (Å²) in [6.45, 7) is 1.80. The van der Waals surface area contributed by atoms with E-state index in [1.54, 1.807) is 42.6 Å². The van der Waals surface area contributed by atoms with Crippen LogP contribution in [0.4, 0.5) is 4.39 Å². The van der Waals surface area contributed by atoms with Crippen LogP contribution in [0.2, 0.25) is 0 Å². The molecule has 2 aromatic carbocycles. The van der Waals surface area contributed by atoms with E-state index in [0.717, 1.165) is 16.3 Å². The van der Waals surface area contributed by atoms with Crippen molar-refractivity contribution in [1.29, 1.82) is 0 Å². The Hall–Kier alpha value is -3.67. The van der Waals surface area contributed by atoms with Crippen LogP contribution in [-0.2, 0) is 11.3 Å². The molecule has 30 heavy (non-hydrogen) atoms. The Kier molecular flexibility index (Phi) is 5.23. The van der Waals surface area contributed by atoms with Crippen molar-refractivity contribution in [3.05, 3.63) is 88.2 Å². The first-order valence-electron chi connectivity index (χ1n) is 9.62. The van der Waals surface area contributed by atoms with Gasteiger partial charge in [0.1, 0.15) is 12.1 Å². The lowest BCUT2D eigenvalue weighted by molar-refractivity contribution is -0.108. The summed E-state index contributed by atoms with van der Waals surface area (Å²) < 4.78 is 14.5. The minimum atomic E-state index is -0.318. The van der Waals surface area contributed by atoms with E-state index in [2.05, 4.69) is 4.98 Å². The third kappa shape index (κ3) is 3.52. The Labute approximate surface area is 171 Å². The molecule has 0 spiro atoms. The number of Topliss-reactive ketones (excluding diaryl/α,β-unsaturated/α-hetero) is 1. The highest BCUT2D eigenvalue weighted by molar-refractivity contribution is 6.08. The molecule has 0 amide bonds. The molecule has 5 nitrogen and oxygen atoms in total. The molecule has 150 valence electrons. The average molecular weight is 402 g/mol. The number of rotatable bonds is 6. The molecule has 0 aliphatic rings. The van der Waals surface area contributed by atoms with Gasteiger partial charge in [0.25, 0.3) is 5.56 Å². The van der Waals surface area contributed by atoms with Gasteiger partial charge in [-0.2, -0.15) is 0 Å². The van der Waals surface area contributed by atoms with Gasteiger partial charge in [0.05, 0.1) is 17.4 Å². The third-order valence-electron chi connectivity index (χ3n) is 5.39. The third-order valence-corrected chi connectivity index (χ3v) is 5.39. The number of aromatic nitrogens is 2. The van der Waals surface area contributed by atoms with E-state index >= 15 is 0 Å². The largest absolute Gasteiger partial charge is 0.301 e. The van der Waals surface area contributed by atoms with Crippen LogP contribution >= 0.6 is 0 Å². The highest BCUT2D eigenvalue weighted by atomic mass is 19.1. The van der Waals surface area contributed by atoms with Crippen LogP contribution in [0.25, 0.3) is 21.7 Å². The van der Waals surface area contributed by atoms with Crippen LogP contribution in [0.3, 0.4) is 0 Å². The van der Waals surface area contributed by atoms with Crippen molar-refractivity contribution >= 4 is 33.7 Å². The zero-order chi connectivity index (χ0) is 21.3. The number of hydrogen-bond donors (Lipinski definition) is 0. The van der Waals surface area contributed by atoms with Crippen LogP contribution in [0.15, 0.2) is 65.7 Å². The van der Waals surface area contributed by atoms with Crippen LogP contribution in [-0.4, -0.2) is 21.6 Å². The lowest BCUT2D eigenvalue weighted by Gasteiger charge is -2.14. The van der Waals surface area contributed by atoms with Gasteiger partial charge in [0.2, 0.25) is 0 Å². The van der Waals surface area contributed by atoms with Crippen molar-refractivity contribution in [3.8, 4) is 0 Å². The van der Waals surface area contributed by atoms with Crippen molar-refractivity contribution in [2.24, 2.45) is 0 Å². The predicted molar refractivity (Wildman–Crippen MR) is 113 cm³/mol. The SMILES string of the molecule is C[C@@H](CC(=O)c1ccc2c3ccncc3c(=O)n(CC=O)c2c1)c1ccc(F)cc1. The average Bonchev–Trinajstić information content (AvgIpc) is 2.76. The first-order valence-corrected chi connectivity index (χ1v) is 9.62. The maximum Gasteiger partial charge on any atom is 0.260 e. The zero-order valence-corrected chi connectivity index (χ0v) is 16.3. The maximum absolute atomic E-state index is 13.1. The van der Waals surface area contributed by atoms with Gasteiger partial charge in [-0.15, -0.1) is 0 Å². The molecule has 0 bridgehead atoms. The van der Waals surface area contributed by atoms with E-state index < -0.39 is 0 Å². The molecule has 2 aromatic heterocycles. The minimum absolute atomic E-state index is 0.0892. The highest BCUT2D eigenvalue weighted by Gasteiger charge is 2.16. The quantitative estimate of drug-likeness (QED) is 0.274. The van der Waals surface area contributed by atoms with Gasteiger partial charge in [-0.05, 0) is 41.1 Å². The maximum atomic E-state index is 13.1. The van der Waals surface area contributed by atoms with Gasteiger partial charge < -0.3 is 9.36 Å². The number of fused-ring (bicyclic) bond motifs is 3. The Morgan fingerprint density at radius 1 is 1.10 bits per heavy atom. The van der Waals surface area contributed by atoms with E-state index in [1.807, 2.05) is 6.92 Å². The molecule has 0 unspecified atom stereocenters. The van der Waals surface area contributed by atoms with Gasteiger partial charge in [0.15, 0.2) is 5.78 Å². The van der Waals surface area contributed by atoms with Gasteiger partial charge in [0, 0.05) is 29.8 Å². The van der Waals surface area contributed by atoms with Crippen LogP contribution in [0.5, 0.6) is 0 Å². The normalized spacial score (nSPS) is 12.2. The Morgan fingerprint density at radius 3 is 2.60 bits per heavy atom. The highest BCUT2D eigenvalue weighted by Crippen LogP contribution is 2.26. The van der Waals surface area contributed by atoms with E-state index in [4.69, 9.17) is 0 Å². The first kappa shape index (κ1) is 19.6. The predicted octanol–water partition coefficient (Wildman–Crippen LogP) is 4.26. The van der Waals surface area contributed by atoms with Crippen molar-refractivity contribution < 1.29 is 14.0 Å². The van der Waals surface area contributed by atoms with Gasteiger partial charge in [-0.3, -0.25) is 14.6 Å². The molecule has 0 saturated carbocycles. The summed E-state index contributed by atoms with van der Waals surface area (Å²) in [5.74, 6) is -0.496. The van der Waals surface area contributed by atoms with Gasteiger partial charge in [-0.25, -0.2) is 4.39 Å². The number of aldehydes is 1. The fourth-order valence-electron chi connectivity index (χ4n) is 3.77. The molecule has 0 N–H and O–H groups in total. The number of pyridine rings is 2. The topological polar surface area (TPSA) is 69.0 Å². The van der Waals surface area contributed by atoms with Crippen molar-refractivity contribution in [2.45, 2.75) is 25.8 Å². The van der Waals surface area contributed by atoms with Crippen LogP contribution in [0, 0.1) is 5.82 Å². The number of carbonyl (C=O) groups is 2. The molecule has 4 rings (SSSR count). The Bertz CT molecular complexity index is 1330. The van der Waals surface area contributed by atoms with Gasteiger partial charge >= 0.3 is 0 Å². The number of hydrogen-bond acceptors (Lipinski definition) is 4. The molecule has 1 atom stereocenters. The lowest BCUT2D eigenvalue weighted by Crippen LogP contribution is -2.22. The molecule has 0 radical (unpaired) electrons. The summed E-state index contributed by atoms with van der Waals surface area (Å²) in [4.78, 5) is 41.0. The van der Waals surface area contributed by atoms with Crippen LogP contribution < -0.4 is 5.56 Å². The van der Waals surface area contributed by atoms with E-state index in [0.29, 0.717) is 22.8 Å². The number of carbonyl (C=O) groups excluding carboxylic acids is 2. The second-order valence-electron chi connectivity index (χ2n) is 7.32. The number of benzene rings is 2. The van der Waals surface area contributed by atoms with Gasteiger partial charge in [-0.1, -0.05) is 31.2 Å². The number of nitrogens with zero attached hydrogens (tertiary/aromatic N) is 2. The zero-order valence-electron chi connectivity index (χ0n) is 16.3. The summed E-state index contributed by atoms with van der Waals surface area (Å²) in [6, 6.07) is 13.1. The number of ketones is 1. The summed E-state index contributed by atoms with van der Waals surface area (Å²) in [6.07, 6.45) is 4.00. The summed E-state index contributed by atoms with van der Waals surface area (Å²) in [5.41, 5.74) is 1.55. The van der Waals surface area contributed by atoms with Crippen LogP contribution in [0.1, 0.15) is 35.2 Å². The van der Waals surface area contributed by atoms with Crippen molar-refractivity contribution in [2.75, 3.05) is 0 Å². The Morgan fingerprint density at radius 2 is 1.87 bits per heavy atom. The molecule has 4 aromatic rings. The smallest absolute Gasteiger partial charge is 0.260 e. The molecule has 0 aliphatic carbocycles. The minimum Gasteiger partial charge on any atom is -0.301 e. The molecule has 6 heteroatoms. The molecular formula is C24H19FN2O3. The standard InChI is InChI=1S/C24H19FN2O3/c1-15(16-2-5-18(25)6-3-16)12-23(29)17-4-7-20-19-8-9-26-14-21(19)24(30)27(10-11-28)22(20)13-17/h2-9,11,13-15H,10,12H2,1H3/t15-/m0/s1. The van der Waals surface area contributed by atoms with E-state index in [9.17, 15) is 18.8 Å². The molecule has 0 aliphatic heterocycles. The monoisotopic (exact) mass is 402 g/mol. The fourth-order valence-corrected chi connectivity index (χ4v) is 3.77. The van der Waals surface area contributed by atoms with E-state index in [1.165, 1.54) is 22.9 Å². The Balaban J connectivity index is 1.77. The van der Waals surface area contributed by atoms with Crippen molar-refractivity contribution in [1.82, 2.24) is 9.55 Å². The second kappa shape index (κ2) is 7.99. The lowest BCUT2D eigenvalue weighted by atomic mass is 9.92. The van der Waals surface area contributed by atoms with Crippen molar-refractivity contribution in [3.63, 3.8) is 0 Å². The summed E-state index contributed by atoms with van der Waals surface area (Å²) in [7, 11) is 0. The summed E-state index contributed by atoms with van der Waals surface area (Å²) >= 11 is 0. The molecule has 0 fully saturated rings. The van der Waals surface area contributed by atoms with E-state index in [-0.39, 0.29) is 36.0 Å². The molecule has 0 saturated heterocycles. The fraction of sp³-hybridized carbons (Fsp3) is 0.167. The molecular weight excluding hydrogens is 383 g/mol. The number of halogens is 1. The molecule has 2 heterocycles. The summed E-state index contributed by atoms with van der Waals surface area (Å²) in [5, 5.41) is 1.93. The first-order chi connectivity index (χ1) is 14.5. The second-order valence-corrected chi connectivity index (χ2v) is 7.32.